The maximum Gasteiger partial charge on any atom is 0.285 e. The molecule has 0 nitrogen and oxygen atoms in total. The second-order valence-corrected chi connectivity index (χ2v) is 5.72. The van der Waals surface area contributed by atoms with Crippen molar-refractivity contribution >= 4 is 37.8 Å². The first kappa shape index (κ1) is 9.45. The van der Waals surface area contributed by atoms with Gasteiger partial charge < -0.3 is 0 Å². The fourth-order valence-corrected chi connectivity index (χ4v) is 1.75. The molecule has 58 valence electrons. The quantitative estimate of drug-likeness (QED) is 0.604. The first-order valence-corrected chi connectivity index (χ1v) is 6.07. The minimum atomic E-state index is 0.704. The molecule has 0 radical (unpaired) electrons. The summed E-state index contributed by atoms with van der Waals surface area (Å²) in [6, 6.07) is 10.6. The standard InChI is InChI=1S/C8H10BIS/c1-11-9(10)7-8-5-3-2-4-6-8/h2-6H,7H2,1H3. The Bertz CT molecular complexity index is 203. The van der Waals surface area contributed by atoms with Crippen LogP contribution in [0.15, 0.2) is 30.3 Å². The Hall–Kier alpha value is 0.365. The highest BCUT2D eigenvalue weighted by molar-refractivity contribution is 14.1. The molecule has 0 amide bonds. The average Bonchev–Trinajstić information content (AvgIpc) is 2.06. The van der Waals surface area contributed by atoms with Gasteiger partial charge in [0.05, 0.1) is 0 Å². The van der Waals surface area contributed by atoms with Crippen molar-refractivity contribution in [1.82, 2.24) is 0 Å². The van der Waals surface area contributed by atoms with Gasteiger partial charge in [0.25, 0.3) is 3.85 Å². The van der Waals surface area contributed by atoms with Gasteiger partial charge in [-0.05, 0) is 12.6 Å². The molecule has 11 heavy (non-hydrogen) atoms. The van der Waals surface area contributed by atoms with Crippen LogP contribution in [0.4, 0.5) is 0 Å². The molecule has 0 saturated heterocycles. The normalized spacial score (nSPS) is 9.64. The average molecular weight is 276 g/mol. The topological polar surface area (TPSA) is 0 Å². The lowest BCUT2D eigenvalue weighted by molar-refractivity contribution is 1.40. The van der Waals surface area contributed by atoms with Crippen LogP contribution in [0.2, 0.25) is 0 Å². The van der Waals surface area contributed by atoms with E-state index in [9.17, 15) is 0 Å². The maximum atomic E-state index is 2.47. The molecule has 1 rings (SSSR count). The minimum Gasteiger partial charge on any atom is -0.199 e. The second kappa shape index (κ2) is 5.09. The van der Waals surface area contributed by atoms with Crippen molar-refractivity contribution in [1.29, 1.82) is 0 Å². The fourth-order valence-electron chi connectivity index (χ4n) is 0.883. The van der Waals surface area contributed by atoms with Crippen molar-refractivity contribution in [2.24, 2.45) is 0 Å². The van der Waals surface area contributed by atoms with Crippen molar-refractivity contribution in [3.8, 4) is 0 Å². The highest BCUT2D eigenvalue weighted by Crippen LogP contribution is 2.14. The van der Waals surface area contributed by atoms with Crippen LogP contribution in [0, 0.1) is 0 Å². The summed E-state index contributed by atoms with van der Waals surface area (Å²) in [4.78, 5) is 0. The van der Waals surface area contributed by atoms with Crippen molar-refractivity contribution in [2.75, 3.05) is 6.26 Å². The number of benzene rings is 1. The van der Waals surface area contributed by atoms with Crippen LogP contribution in [0.5, 0.6) is 0 Å². The summed E-state index contributed by atoms with van der Waals surface area (Å²) in [5.41, 5.74) is 1.43. The van der Waals surface area contributed by atoms with Gasteiger partial charge in [-0.15, -0.1) is 22.4 Å². The van der Waals surface area contributed by atoms with Gasteiger partial charge in [-0.2, -0.15) is 11.6 Å². The van der Waals surface area contributed by atoms with E-state index in [0.29, 0.717) is 3.85 Å². The number of hydrogen-bond donors (Lipinski definition) is 0. The van der Waals surface area contributed by atoms with Crippen molar-refractivity contribution in [3.05, 3.63) is 35.9 Å². The Morgan fingerprint density at radius 2 is 2.00 bits per heavy atom. The van der Waals surface area contributed by atoms with E-state index >= 15 is 0 Å². The zero-order valence-electron chi connectivity index (χ0n) is 6.46. The molecular weight excluding hydrogens is 266 g/mol. The molecule has 1 aromatic rings. The molecule has 0 aliphatic carbocycles. The Morgan fingerprint density at radius 1 is 1.36 bits per heavy atom. The molecule has 0 atom stereocenters. The lowest BCUT2D eigenvalue weighted by atomic mass is 9.95. The number of hydrogen-bond acceptors (Lipinski definition) is 1. The molecule has 0 bridgehead atoms. The van der Waals surface area contributed by atoms with Gasteiger partial charge in [-0.3, -0.25) is 0 Å². The lowest BCUT2D eigenvalue weighted by Crippen LogP contribution is -2.01. The summed E-state index contributed by atoms with van der Waals surface area (Å²) in [6.45, 7) is 0. The molecule has 0 aliphatic heterocycles. The maximum absolute atomic E-state index is 2.47. The summed E-state index contributed by atoms with van der Waals surface area (Å²) in [5, 5.41) is 0. The first-order valence-electron chi connectivity index (χ1n) is 3.53. The van der Waals surface area contributed by atoms with E-state index in [2.05, 4.69) is 59.0 Å². The molecule has 0 spiro atoms. The summed E-state index contributed by atoms with van der Waals surface area (Å²) in [7, 11) is 0. The predicted molar refractivity (Wildman–Crippen MR) is 63.4 cm³/mol. The van der Waals surface area contributed by atoms with Gasteiger partial charge in [0.15, 0.2) is 0 Å². The van der Waals surface area contributed by atoms with Gasteiger partial charge in [-0.25, -0.2) is 0 Å². The molecule has 0 fully saturated rings. The lowest BCUT2D eigenvalue weighted by Gasteiger charge is -2.01. The third-order valence-corrected chi connectivity index (χ3v) is 4.14. The zero-order chi connectivity index (χ0) is 8.10. The fraction of sp³-hybridized carbons (Fsp3) is 0.250. The van der Waals surface area contributed by atoms with Crippen LogP contribution < -0.4 is 0 Å². The molecular formula is C8H10BIS. The van der Waals surface area contributed by atoms with Crippen molar-refractivity contribution in [3.63, 3.8) is 0 Å². The van der Waals surface area contributed by atoms with Gasteiger partial charge >= 0.3 is 0 Å². The van der Waals surface area contributed by atoms with Gasteiger partial charge in [0.2, 0.25) is 0 Å². The van der Waals surface area contributed by atoms with Crippen LogP contribution in [0.1, 0.15) is 5.56 Å². The van der Waals surface area contributed by atoms with Crippen LogP contribution in [0.3, 0.4) is 0 Å². The molecule has 0 saturated carbocycles. The largest absolute Gasteiger partial charge is 0.285 e. The van der Waals surface area contributed by atoms with E-state index in [1.165, 1.54) is 11.9 Å². The third kappa shape index (κ3) is 3.51. The number of rotatable bonds is 3. The van der Waals surface area contributed by atoms with Gasteiger partial charge in [-0.1, -0.05) is 35.9 Å². The molecule has 3 heteroatoms. The summed E-state index contributed by atoms with van der Waals surface area (Å²) in [5.74, 6) is 0. The first-order chi connectivity index (χ1) is 5.33. The van der Waals surface area contributed by atoms with Crippen molar-refractivity contribution < 1.29 is 0 Å². The van der Waals surface area contributed by atoms with E-state index in [1.807, 2.05) is 11.6 Å². The molecule has 0 N–H and O–H groups in total. The zero-order valence-corrected chi connectivity index (χ0v) is 9.43. The van der Waals surface area contributed by atoms with Crippen LogP contribution in [-0.4, -0.2) is 10.1 Å². The SMILES string of the molecule is CSB(I)Cc1ccccc1. The van der Waals surface area contributed by atoms with E-state index in [0.717, 1.165) is 0 Å². The van der Waals surface area contributed by atoms with E-state index in [4.69, 9.17) is 0 Å². The molecule has 1 aromatic carbocycles. The molecule has 0 aromatic heterocycles. The van der Waals surface area contributed by atoms with E-state index in [1.54, 1.807) is 0 Å². The second-order valence-electron chi connectivity index (χ2n) is 2.34. The Morgan fingerprint density at radius 3 is 2.55 bits per heavy atom. The molecule has 0 heterocycles. The summed E-state index contributed by atoms with van der Waals surface area (Å²) >= 11 is 4.38. The van der Waals surface area contributed by atoms with Crippen molar-refractivity contribution in [2.45, 2.75) is 6.32 Å². The van der Waals surface area contributed by atoms with Crippen LogP contribution >= 0.6 is 34.0 Å². The molecule has 0 aliphatic rings. The smallest absolute Gasteiger partial charge is 0.199 e. The van der Waals surface area contributed by atoms with E-state index in [-0.39, 0.29) is 0 Å². The highest BCUT2D eigenvalue weighted by Gasteiger charge is 2.06. The van der Waals surface area contributed by atoms with Gasteiger partial charge in [0.1, 0.15) is 0 Å². The summed E-state index contributed by atoms with van der Waals surface area (Å²) in [6.07, 6.45) is 3.32. The third-order valence-electron chi connectivity index (χ3n) is 1.49. The Balaban J connectivity index is 2.51. The molecule has 0 unspecified atom stereocenters. The monoisotopic (exact) mass is 276 g/mol. The van der Waals surface area contributed by atoms with Gasteiger partial charge in [0, 0.05) is 0 Å². The number of halogens is 1. The van der Waals surface area contributed by atoms with E-state index < -0.39 is 0 Å². The Kier molecular flexibility index (Phi) is 4.37. The Labute approximate surface area is 86.0 Å². The highest BCUT2D eigenvalue weighted by atomic mass is 127. The van der Waals surface area contributed by atoms with Crippen LogP contribution in [-0.2, 0) is 6.32 Å². The van der Waals surface area contributed by atoms with Crippen LogP contribution in [0.25, 0.3) is 0 Å². The minimum absolute atomic E-state index is 0.704. The summed E-state index contributed by atoms with van der Waals surface area (Å²) < 4.78 is 0.704. The predicted octanol–water partition coefficient (Wildman–Crippen LogP) is 3.05.